The molecule has 30 heavy (non-hydrogen) atoms. The second kappa shape index (κ2) is 9.20. The van der Waals surface area contributed by atoms with Crippen molar-refractivity contribution in [1.29, 1.82) is 0 Å². The molecular weight excluding hydrogens is 402 g/mol. The maximum absolute atomic E-state index is 12.3. The number of benzene rings is 3. The molecule has 0 fully saturated rings. The van der Waals surface area contributed by atoms with E-state index in [0.29, 0.717) is 16.5 Å². The second-order valence-corrected chi connectivity index (χ2v) is 7.60. The van der Waals surface area contributed by atoms with Gasteiger partial charge in [0.05, 0.1) is 6.61 Å². The minimum atomic E-state index is -0.516. The molecule has 3 aromatic carbocycles. The number of hydrogen-bond acceptors (Lipinski definition) is 4. The van der Waals surface area contributed by atoms with Crippen LogP contribution in [0.5, 0.6) is 11.5 Å². The van der Waals surface area contributed by atoms with Crippen molar-refractivity contribution >= 4 is 17.7 Å². The molecule has 1 aliphatic rings. The van der Waals surface area contributed by atoms with E-state index in [0.717, 1.165) is 16.7 Å². The minimum Gasteiger partial charge on any atom is -0.457 e. The lowest BCUT2D eigenvalue weighted by molar-refractivity contribution is 0.138. The topological polar surface area (TPSA) is 67.8 Å². The molecule has 1 amide bonds. The van der Waals surface area contributed by atoms with E-state index >= 15 is 0 Å². The predicted molar refractivity (Wildman–Crippen MR) is 115 cm³/mol. The Bertz CT molecular complexity index is 1020. The number of halogens is 1. The Labute approximate surface area is 180 Å². The molecule has 0 spiro atoms. The Morgan fingerprint density at radius 1 is 0.967 bits per heavy atom. The first-order valence-corrected chi connectivity index (χ1v) is 10.1. The summed E-state index contributed by atoms with van der Waals surface area (Å²) in [6.45, 7) is 0.358. The van der Waals surface area contributed by atoms with Gasteiger partial charge in [0, 0.05) is 34.5 Å². The van der Waals surface area contributed by atoms with Gasteiger partial charge in [-0.3, -0.25) is 0 Å². The standard InChI is InChI=1S/C24H22ClNO4/c25-17-10-11-23-19(12-17)20(21(14-27)18-8-4-5-9-22(18)30-23)13-26-24(28)29-15-16-6-2-1-3-7-16/h1-12,20-21,27H,13-15H2,(H,26,28)/t20-,21-/m1/s1. The van der Waals surface area contributed by atoms with Crippen molar-refractivity contribution in [3.8, 4) is 11.5 Å². The van der Waals surface area contributed by atoms with Crippen LogP contribution in [0.2, 0.25) is 5.02 Å². The maximum atomic E-state index is 12.3. The molecule has 0 radical (unpaired) electrons. The molecule has 3 aromatic rings. The SMILES string of the molecule is O=C(NC[C@@H]1c2cc(Cl)ccc2Oc2ccccc2[C@H]1CO)OCc1ccccc1. The van der Waals surface area contributed by atoms with Gasteiger partial charge in [-0.15, -0.1) is 0 Å². The van der Waals surface area contributed by atoms with Gasteiger partial charge in [-0.25, -0.2) is 4.79 Å². The summed E-state index contributed by atoms with van der Waals surface area (Å²) in [5, 5.41) is 13.6. The number of alkyl carbamates (subject to hydrolysis) is 1. The van der Waals surface area contributed by atoms with Crippen molar-refractivity contribution in [1.82, 2.24) is 5.32 Å². The molecule has 1 aliphatic heterocycles. The third-order valence-corrected chi connectivity index (χ3v) is 5.51. The lowest BCUT2D eigenvalue weighted by atomic mass is 9.82. The summed E-state index contributed by atoms with van der Waals surface area (Å²) in [7, 11) is 0. The van der Waals surface area contributed by atoms with E-state index in [1.165, 1.54) is 0 Å². The van der Waals surface area contributed by atoms with Crippen LogP contribution in [-0.4, -0.2) is 24.4 Å². The van der Waals surface area contributed by atoms with E-state index in [1.54, 1.807) is 6.07 Å². The highest BCUT2D eigenvalue weighted by molar-refractivity contribution is 6.30. The quantitative estimate of drug-likeness (QED) is 0.589. The van der Waals surface area contributed by atoms with Crippen LogP contribution in [0.25, 0.3) is 0 Å². The largest absolute Gasteiger partial charge is 0.457 e. The number of para-hydroxylation sites is 1. The van der Waals surface area contributed by atoms with Crippen molar-refractivity contribution in [2.24, 2.45) is 0 Å². The van der Waals surface area contributed by atoms with Gasteiger partial charge in [0.25, 0.3) is 0 Å². The van der Waals surface area contributed by atoms with Gasteiger partial charge in [-0.1, -0.05) is 60.1 Å². The van der Waals surface area contributed by atoms with Crippen LogP contribution in [-0.2, 0) is 11.3 Å². The monoisotopic (exact) mass is 423 g/mol. The molecule has 154 valence electrons. The fourth-order valence-corrected chi connectivity index (χ4v) is 3.96. The second-order valence-electron chi connectivity index (χ2n) is 7.16. The van der Waals surface area contributed by atoms with Gasteiger partial charge in [0.2, 0.25) is 0 Å². The van der Waals surface area contributed by atoms with E-state index in [4.69, 9.17) is 21.1 Å². The van der Waals surface area contributed by atoms with Gasteiger partial charge in [-0.05, 0) is 29.8 Å². The molecule has 0 saturated carbocycles. The number of amides is 1. The molecule has 0 unspecified atom stereocenters. The summed E-state index contributed by atoms with van der Waals surface area (Å²) >= 11 is 6.25. The summed E-state index contributed by atoms with van der Waals surface area (Å²) < 4.78 is 11.4. The van der Waals surface area contributed by atoms with Crippen molar-refractivity contribution in [3.63, 3.8) is 0 Å². The van der Waals surface area contributed by atoms with Gasteiger partial charge in [0.15, 0.2) is 0 Å². The van der Waals surface area contributed by atoms with Crippen LogP contribution in [0, 0.1) is 0 Å². The predicted octanol–water partition coefficient (Wildman–Crippen LogP) is 5.23. The molecule has 5 nitrogen and oxygen atoms in total. The van der Waals surface area contributed by atoms with Crippen LogP contribution in [0.3, 0.4) is 0 Å². The Hall–Kier alpha value is -3.02. The van der Waals surface area contributed by atoms with Crippen molar-refractivity contribution in [3.05, 3.63) is 94.5 Å². The maximum Gasteiger partial charge on any atom is 0.407 e. The Morgan fingerprint density at radius 3 is 2.50 bits per heavy atom. The minimum absolute atomic E-state index is 0.0995. The highest BCUT2D eigenvalue weighted by Gasteiger charge is 2.32. The molecule has 6 heteroatoms. The molecule has 0 saturated heterocycles. The Morgan fingerprint density at radius 2 is 1.70 bits per heavy atom. The van der Waals surface area contributed by atoms with E-state index in [9.17, 15) is 9.90 Å². The normalized spacial score (nSPS) is 17.1. The van der Waals surface area contributed by atoms with E-state index in [1.807, 2.05) is 66.7 Å². The van der Waals surface area contributed by atoms with E-state index in [2.05, 4.69) is 5.32 Å². The Balaban J connectivity index is 1.55. The molecule has 4 rings (SSSR count). The summed E-state index contributed by atoms with van der Waals surface area (Å²) in [5.41, 5.74) is 2.63. The average Bonchev–Trinajstić information content (AvgIpc) is 2.90. The number of carbonyl (C=O) groups is 1. The molecule has 2 N–H and O–H groups in total. The highest BCUT2D eigenvalue weighted by atomic mass is 35.5. The summed E-state index contributed by atoms with van der Waals surface area (Å²) in [6.07, 6.45) is -0.516. The fraction of sp³-hybridized carbons (Fsp3) is 0.208. The van der Waals surface area contributed by atoms with Crippen molar-refractivity contribution < 1.29 is 19.4 Å². The summed E-state index contributed by atoms with van der Waals surface area (Å²) in [5.74, 6) is 0.841. The number of ether oxygens (including phenoxy) is 2. The fourth-order valence-electron chi connectivity index (χ4n) is 3.78. The van der Waals surface area contributed by atoms with Crippen molar-refractivity contribution in [2.75, 3.05) is 13.2 Å². The van der Waals surface area contributed by atoms with Crippen LogP contribution in [0.4, 0.5) is 4.79 Å². The number of nitrogens with one attached hydrogen (secondary N) is 1. The number of fused-ring (bicyclic) bond motifs is 2. The lowest BCUT2D eigenvalue weighted by Gasteiger charge is -2.25. The molecule has 0 bridgehead atoms. The zero-order chi connectivity index (χ0) is 20.9. The van der Waals surface area contributed by atoms with Gasteiger partial charge in [-0.2, -0.15) is 0 Å². The van der Waals surface area contributed by atoms with Gasteiger partial charge in [0.1, 0.15) is 18.1 Å². The number of hydrogen-bond donors (Lipinski definition) is 2. The van der Waals surface area contributed by atoms with Gasteiger partial charge >= 0.3 is 6.09 Å². The van der Waals surface area contributed by atoms with Crippen LogP contribution in [0.1, 0.15) is 28.5 Å². The zero-order valence-corrected chi connectivity index (χ0v) is 17.0. The van der Waals surface area contributed by atoms with Crippen LogP contribution >= 0.6 is 11.6 Å². The zero-order valence-electron chi connectivity index (χ0n) is 16.3. The highest BCUT2D eigenvalue weighted by Crippen LogP contribution is 2.46. The summed E-state index contributed by atoms with van der Waals surface area (Å²) in [6, 6.07) is 22.5. The first-order chi connectivity index (χ1) is 14.7. The number of aliphatic hydroxyl groups is 1. The third kappa shape index (κ3) is 4.42. The average molecular weight is 424 g/mol. The van der Waals surface area contributed by atoms with Crippen molar-refractivity contribution in [2.45, 2.75) is 18.4 Å². The van der Waals surface area contributed by atoms with Gasteiger partial charge < -0.3 is 19.9 Å². The smallest absolute Gasteiger partial charge is 0.407 e. The molecule has 0 aliphatic carbocycles. The van der Waals surface area contributed by atoms with E-state index in [-0.39, 0.29) is 31.6 Å². The molecular formula is C24H22ClNO4. The number of rotatable bonds is 5. The van der Waals surface area contributed by atoms with Crippen LogP contribution in [0.15, 0.2) is 72.8 Å². The molecule has 0 aromatic heterocycles. The first kappa shape index (κ1) is 20.3. The Kier molecular flexibility index (Phi) is 6.21. The molecule has 2 atom stereocenters. The van der Waals surface area contributed by atoms with E-state index < -0.39 is 6.09 Å². The molecule has 1 heterocycles. The van der Waals surface area contributed by atoms with Crippen LogP contribution < -0.4 is 10.1 Å². The lowest BCUT2D eigenvalue weighted by Crippen LogP contribution is -2.32. The third-order valence-electron chi connectivity index (χ3n) is 5.27. The number of carbonyl (C=O) groups excluding carboxylic acids is 1. The summed E-state index contributed by atoms with van der Waals surface area (Å²) in [4.78, 5) is 12.3. The first-order valence-electron chi connectivity index (χ1n) is 9.77. The number of aliphatic hydroxyl groups excluding tert-OH is 1.